The van der Waals surface area contributed by atoms with Crippen molar-refractivity contribution >= 4 is 35.0 Å². The number of aromatic nitrogens is 1. The van der Waals surface area contributed by atoms with Gasteiger partial charge < -0.3 is 9.80 Å². The van der Waals surface area contributed by atoms with E-state index >= 15 is 0 Å². The molecule has 0 spiro atoms. The fraction of sp³-hybridized carbons (Fsp3) is 0.462. The third-order valence-corrected chi connectivity index (χ3v) is 3.71. The maximum Gasteiger partial charge on any atom is 0.312 e. The molecule has 108 valence electrons. The van der Waals surface area contributed by atoms with Crippen LogP contribution in [-0.4, -0.2) is 46.2 Å². The number of hydrogen-bond donors (Lipinski definition) is 0. The van der Waals surface area contributed by atoms with E-state index in [1.165, 1.54) is 17.2 Å². The predicted molar refractivity (Wildman–Crippen MR) is 76.5 cm³/mol. The number of carbonyl (C=O) groups excluding carboxylic acids is 2. The van der Waals surface area contributed by atoms with Crippen LogP contribution in [-0.2, 0) is 16.1 Å². The Balaban J connectivity index is 2.07. The van der Waals surface area contributed by atoms with Gasteiger partial charge in [0.05, 0.1) is 5.02 Å². The largest absolute Gasteiger partial charge is 0.333 e. The Morgan fingerprint density at radius 3 is 2.50 bits per heavy atom. The van der Waals surface area contributed by atoms with Crippen molar-refractivity contribution in [1.29, 1.82) is 0 Å². The second-order valence-electron chi connectivity index (χ2n) is 4.62. The summed E-state index contributed by atoms with van der Waals surface area (Å²) in [5.41, 5.74) is 0.682. The topological polar surface area (TPSA) is 53.5 Å². The monoisotopic (exact) mass is 315 g/mol. The van der Waals surface area contributed by atoms with Gasteiger partial charge >= 0.3 is 11.8 Å². The highest BCUT2D eigenvalue weighted by atomic mass is 35.5. The summed E-state index contributed by atoms with van der Waals surface area (Å²) in [6, 6.07) is 1.53. The van der Waals surface area contributed by atoms with Gasteiger partial charge in [-0.25, -0.2) is 4.98 Å². The highest BCUT2D eigenvalue weighted by Gasteiger charge is 2.32. The molecule has 5 nitrogen and oxygen atoms in total. The molecule has 0 aromatic carbocycles. The Kier molecular flexibility index (Phi) is 4.83. The molecular formula is C13H15Cl2N3O2. The molecule has 1 aromatic rings. The van der Waals surface area contributed by atoms with Crippen molar-refractivity contribution in [3.8, 4) is 0 Å². The minimum Gasteiger partial charge on any atom is -0.333 e. The number of nitrogens with zero attached hydrogens (tertiary/aromatic N) is 3. The molecule has 1 saturated heterocycles. The Hall–Kier alpha value is -1.33. The number of amides is 2. The molecule has 20 heavy (non-hydrogen) atoms. The zero-order chi connectivity index (χ0) is 14.7. The lowest BCUT2D eigenvalue weighted by atomic mass is 10.2. The first-order valence-electron chi connectivity index (χ1n) is 6.41. The second kappa shape index (κ2) is 6.41. The first-order chi connectivity index (χ1) is 9.52. The fourth-order valence-electron chi connectivity index (χ4n) is 2.11. The number of halogens is 2. The van der Waals surface area contributed by atoms with Gasteiger partial charge in [-0.15, -0.1) is 0 Å². The van der Waals surface area contributed by atoms with E-state index in [4.69, 9.17) is 23.2 Å². The Bertz CT molecular complexity index is 536. The number of carbonyl (C=O) groups is 2. The quantitative estimate of drug-likeness (QED) is 0.630. The van der Waals surface area contributed by atoms with E-state index in [9.17, 15) is 9.59 Å². The molecule has 0 N–H and O–H groups in total. The third kappa shape index (κ3) is 3.22. The normalized spacial score (nSPS) is 15.9. The van der Waals surface area contributed by atoms with Gasteiger partial charge in [0.25, 0.3) is 0 Å². The highest BCUT2D eigenvalue weighted by molar-refractivity contribution is 6.36. The molecule has 0 saturated carbocycles. The van der Waals surface area contributed by atoms with Crippen LogP contribution < -0.4 is 0 Å². The SMILES string of the molecule is CCCN1CCN(Cc2cnc(Cl)cc2Cl)C(=O)C1=O. The summed E-state index contributed by atoms with van der Waals surface area (Å²) in [6.45, 7) is 3.92. The fourth-order valence-corrected chi connectivity index (χ4v) is 2.53. The van der Waals surface area contributed by atoms with Crippen molar-refractivity contribution in [2.75, 3.05) is 19.6 Å². The minimum absolute atomic E-state index is 0.271. The molecule has 0 unspecified atom stereocenters. The molecule has 7 heteroatoms. The maximum atomic E-state index is 12.0. The molecule has 2 amide bonds. The molecule has 0 radical (unpaired) electrons. The molecule has 1 aliphatic heterocycles. The van der Waals surface area contributed by atoms with Crippen molar-refractivity contribution in [2.45, 2.75) is 19.9 Å². The van der Waals surface area contributed by atoms with Gasteiger partial charge in [-0.1, -0.05) is 30.1 Å². The van der Waals surface area contributed by atoms with E-state index in [0.29, 0.717) is 35.4 Å². The molecule has 1 fully saturated rings. The Morgan fingerprint density at radius 2 is 1.85 bits per heavy atom. The van der Waals surface area contributed by atoms with E-state index < -0.39 is 11.8 Å². The minimum atomic E-state index is -0.490. The van der Waals surface area contributed by atoms with Crippen LogP contribution in [0.25, 0.3) is 0 Å². The number of piperazine rings is 1. The molecular weight excluding hydrogens is 301 g/mol. The summed E-state index contributed by atoms with van der Waals surface area (Å²) in [7, 11) is 0. The number of hydrogen-bond acceptors (Lipinski definition) is 3. The average molecular weight is 316 g/mol. The predicted octanol–water partition coefficient (Wildman–Crippen LogP) is 1.97. The standard InChI is InChI=1S/C13H15Cl2N3O2/c1-2-3-17-4-5-18(13(20)12(17)19)8-9-7-16-11(15)6-10(9)14/h6-7H,2-5,8H2,1H3. The first-order valence-corrected chi connectivity index (χ1v) is 7.16. The zero-order valence-corrected chi connectivity index (χ0v) is 12.6. The van der Waals surface area contributed by atoms with Crippen LogP contribution in [0.3, 0.4) is 0 Å². The molecule has 0 bridgehead atoms. The van der Waals surface area contributed by atoms with Gasteiger partial charge in [0.15, 0.2) is 0 Å². The summed E-state index contributed by atoms with van der Waals surface area (Å²) < 4.78 is 0. The molecule has 1 aliphatic rings. The third-order valence-electron chi connectivity index (χ3n) is 3.15. The van der Waals surface area contributed by atoms with E-state index in [-0.39, 0.29) is 6.54 Å². The van der Waals surface area contributed by atoms with Crippen molar-refractivity contribution < 1.29 is 9.59 Å². The molecule has 2 heterocycles. The summed E-state index contributed by atoms with van der Waals surface area (Å²) in [5.74, 6) is -0.938. The molecule has 0 atom stereocenters. The van der Waals surface area contributed by atoms with E-state index in [1.807, 2.05) is 6.92 Å². The lowest BCUT2D eigenvalue weighted by molar-refractivity contribution is -0.156. The first kappa shape index (κ1) is 15.1. The van der Waals surface area contributed by atoms with Crippen LogP contribution in [0.2, 0.25) is 10.2 Å². The van der Waals surface area contributed by atoms with Crippen molar-refractivity contribution in [3.63, 3.8) is 0 Å². The van der Waals surface area contributed by atoms with Crippen LogP contribution >= 0.6 is 23.2 Å². The van der Waals surface area contributed by atoms with Crippen LogP contribution in [0, 0.1) is 0 Å². The summed E-state index contributed by atoms with van der Waals surface area (Å²) in [5, 5.41) is 0.746. The van der Waals surface area contributed by atoms with E-state index in [2.05, 4.69) is 4.98 Å². The van der Waals surface area contributed by atoms with Gasteiger partial charge in [0.1, 0.15) is 5.15 Å². The van der Waals surface area contributed by atoms with Crippen molar-refractivity contribution in [3.05, 3.63) is 28.0 Å². The molecule has 2 rings (SSSR count). The van der Waals surface area contributed by atoms with Crippen molar-refractivity contribution in [2.24, 2.45) is 0 Å². The highest BCUT2D eigenvalue weighted by Crippen LogP contribution is 2.21. The zero-order valence-electron chi connectivity index (χ0n) is 11.1. The van der Waals surface area contributed by atoms with Crippen LogP contribution in [0.5, 0.6) is 0 Å². The van der Waals surface area contributed by atoms with Crippen molar-refractivity contribution in [1.82, 2.24) is 14.8 Å². The maximum absolute atomic E-state index is 12.0. The second-order valence-corrected chi connectivity index (χ2v) is 5.41. The van der Waals surface area contributed by atoms with Crippen LogP contribution in [0.4, 0.5) is 0 Å². The van der Waals surface area contributed by atoms with Gasteiger partial charge in [-0.3, -0.25) is 9.59 Å². The van der Waals surface area contributed by atoms with Crippen LogP contribution in [0.15, 0.2) is 12.3 Å². The lowest BCUT2D eigenvalue weighted by Crippen LogP contribution is -2.53. The Labute approximate surface area is 127 Å². The summed E-state index contributed by atoms with van der Waals surface area (Å²) >= 11 is 11.8. The Morgan fingerprint density at radius 1 is 1.20 bits per heavy atom. The molecule has 1 aromatic heterocycles. The lowest BCUT2D eigenvalue weighted by Gasteiger charge is -2.33. The molecule has 0 aliphatic carbocycles. The van der Waals surface area contributed by atoms with Gasteiger partial charge in [-0.2, -0.15) is 0 Å². The average Bonchev–Trinajstić information content (AvgIpc) is 2.41. The van der Waals surface area contributed by atoms with E-state index in [1.54, 1.807) is 4.90 Å². The number of pyridine rings is 1. The smallest absolute Gasteiger partial charge is 0.312 e. The van der Waals surface area contributed by atoms with Gasteiger partial charge in [0, 0.05) is 37.9 Å². The number of rotatable bonds is 4. The van der Waals surface area contributed by atoms with E-state index in [0.717, 1.165) is 6.42 Å². The summed E-state index contributed by atoms with van der Waals surface area (Å²) in [4.78, 5) is 31.0. The van der Waals surface area contributed by atoms with Gasteiger partial charge in [-0.05, 0) is 12.5 Å². The van der Waals surface area contributed by atoms with Gasteiger partial charge in [0.2, 0.25) is 0 Å². The summed E-state index contributed by atoms with van der Waals surface area (Å²) in [6.07, 6.45) is 2.37. The van der Waals surface area contributed by atoms with Crippen LogP contribution in [0.1, 0.15) is 18.9 Å².